The van der Waals surface area contributed by atoms with Gasteiger partial charge in [-0.05, 0) is 43.9 Å². The number of nitrogens with zero attached hydrogens (tertiary/aromatic N) is 3. The normalized spacial score (nSPS) is 14.7. The minimum atomic E-state index is -0.675. The molecule has 1 aromatic heterocycles. The largest absolute Gasteiger partial charge is 0.490 e. The van der Waals surface area contributed by atoms with Gasteiger partial charge in [0.25, 0.3) is 5.91 Å². The molecule has 2 aromatic rings. The van der Waals surface area contributed by atoms with Crippen LogP contribution < -0.4 is 25.2 Å². The van der Waals surface area contributed by atoms with Gasteiger partial charge in [0, 0.05) is 31.6 Å². The summed E-state index contributed by atoms with van der Waals surface area (Å²) in [5.74, 6) is 0.311. The quantitative estimate of drug-likeness (QED) is 0.0478. The molecular formula is C78H138N4O10. The van der Waals surface area contributed by atoms with Gasteiger partial charge >= 0.3 is 11.7 Å². The van der Waals surface area contributed by atoms with Crippen LogP contribution in [0.15, 0.2) is 29.2 Å². The van der Waals surface area contributed by atoms with E-state index < -0.39 is 29.9 Å². The van der Waals surface area contributed by atoms with Crippen LogP contribution in [-0.2, 0) is 19.1 Å². The molecule has 2 heterocycles. The van der Waals surface area contributed by atoms with Crippen LogP contribution in [0.4, 0.5) is 5.82 Å². The summed E-state index contributed by atoms with van der Waals surface area (Å²) in [7, 11) is 1.68. The fourth-order valence-electron chi connectivity index (χ4n) is 12.6. The van der Waals surface area contributed by atoms with Crippen LogP contribution in [-0.4, -0.2) is 89.6 Å². The molecule has 92 heavy (non-hydrogen) atoms. The third-order valence-corrected chi connectivity index (χ3v) is 18.6. The van der Waals surface area contributed by atoms with Gasteiger partial charge in [-0.1, -0.05) is 317 Å². The molecule has 1 fully saturated rings. The van der Waals surface area contributed by atoms with E-state index in [0.717, 1.165) is 38.5 Å². The second kappa shape index (κ2) is 57.1. The number of aliphatic hydroxyl groups is 1. The molecule has 1 aliphatic heterocycles. The Kier molecular flexibility index (Phi) is 50.9. The topological polar surface area (TPSA) is 168 Å². The SMILES string of the molecule is CCCCCCCCCCCCCCCCCCOc1cc(C(=O)N(C)CCOC(=O)CCC(=O)Nc2ccn([C@H]3C[C@@H](O)[C@@H](CC)O3)c(=O)n2)cc(OCCCCCCCCCCCCCCCCCC)c1OCCCCCCCCCCCCCCCCCC. The van der Waals surface area contributed by atoms with Gasteiger partial charge in [-0.3, -0.25) is 19.0 Å². The highest BCUT2D eigenvalue weighted by Gasteiger charge is 2.34. The first-order valence-corrected chi connectivity index (χ1v) is 38.8. The number of amides is 2. The average molecular weight is 1290 g/mol. The van der Waals surface area contributed by atoms with Crippen molar-refractivity contribution in [3.8, 4) is 17.2 Å². The van der Waals surface area contributed by atoms with Gasteiger partial charge in [0.05, 0.1) is 45.0 Å². The minimum absolute atomic E-state index is 0.0490. The number of benzene rings is 1. The molecule has 2 N–H and O–H groups in total. The summed E-state index contributed by atoms with van der Waals surface area (Å²) < 4.78 is 32.5. The van der Waals surface area contributed by atoms with E-state index in [2.05, 4.69) is 31.1 Å². The maximum absolute atomic E-state index is 14.3. The van der Waals surface area contributed by atoms with Crippen molar-refractivity contribution < 1.29 is 43.2 Å². The van der Waals surface area contributed by atoms with Gasteiger partial charge in [-0.2, -0.15) is 4.98 Å². The van der Waals surface area contributed by atoms with Crippen LogP contribution in [0.3, 0.4) is 0 Å². The molecule has 0 aliphatic carbocycles. The Morgan fingerprint density at radius 2 is 0.880 bits per heavy atom. The second-order valence-electron chi connectivity index (χ2n) is 27.1. The van der Waals surface area contributed by atoms with Gasteiger partial charge < -0.3 is 39.0 Å². The maximum Gasteiger partial charge on any atom is 0.351 e. The zero-order chi connectivity index (χ0) is 66.2. The molecule has 530 valence electrons. The first-order chi connectivity index (χ1) is 45.1. The number of carbonyl (C=O) groups is 3. The van der Waals surface area contributed by atoms with Crippen molar-refractivity contribution in [1.82, 2.24) is 14.5 Å². The summed E-state index contributed by atoms with van der Waals surface area (Å²) in [6.07, 6.45) is 62.7. The Morgan fingerprint density at radius 1 is 0.522 bits per heavy atom. The molecule has 1 aromatic carbocycles. The number of aromatic nitrogens is 2. The molecular weight excluding hydrogens is 1150 g/mol. The molecule has 0 saturated carbocycles. The van der Waals surface area contributed by atoms with Crippen LogP contribution in [0.25, 0.3) is 0 Å². The van der Waals surface area contributed by atoms with Crippen molar-refractivity contribution in [2.45, 2.75) is 380 Å². The predicted molar refractivity (Wildman–Crippen MR) is 381 cm³/mol. The van der Waals surface area contributed by atoms with Crippen molar-refractivity contribution in [2.75, 3.05) is 45.3 Å². The average Bonchev–Trinajstić information content (AvgIpc) is 1.32. The van der Waals surface area contributed by atoms with Crippen molar-refractivity contribution in [1.29, 1.82) is 0 Å². The van der Waals surface area contributed by atoms with Crippen molar-refractivity contribution >= 4 is 23.6 Å². The standard InChI is InChI=1S/C78H138N4O10/c1-6-10-13-16-19-22-25-28-31-34-37-40-43-46-49-52-60-88-70-64-67(77(86)81(5)59-63-90-75(85)56-55-73(84)79-72-57-58-82(78(87)80-72)74-66-68(83)69(9-4)92-74)65-71(89-61-53-50-47-44-41-38-35-32-29-26-23-20-17-14-11-7-2)76(70)91-62-54-51-48-45-42-39-36-33-30-27-24-21-18-15-12-8-3/h57-58,64-65,68-69,74,83H,6-56,59-63,66H2,1-5H3,(H,79,80,84,87)/t68-,69-,74-/m1/s1. The van der Waals surface area contributed by atoms with E-state index in [0.29, 0.717) is 49.1 Å². The monoisotopic (exact) mass is 1290 g/mol. The van der Waals surface area contributed by atoms with Crippen LogP contribution in [0.5, 0.6) is 17.2 Å². The molecule has 0 unspecified atom stereocenters. The third kappa shape index (κ3) is 40.9. The summed E-state index contributed by atoms with van der Waals surface area (Å²) in [5, 5.41) is 12.8. The molecule has 1 saturated heterocycles. The summed E-state index contributed by atoms with van der Waals surface area (Å²) in [6.45, 7) is 10.4. The first-order valence-electron chi connectivity index (χ1n) is 38.8. The lowest BCUT2D eigenvalue weighted by atomic mass is 10.0. The number of carbonyl (C=O) groups excluding carboxylic acids is 3. The van der Waals surface area contributed by atoms with Crippen molar-refractivity contribution in [3.63, 3.8) is 0 Å². The van der Waals surface area contributed by atoms with Crippen molar-refractivity contribution in [3.05, 3.63) is 40.4 Å². The van der Waals surface area contributed by atoms with Crippen LogP contribution >= 0.6 is 0 Å². The Labute approximate surface area is 561 Å². The number of esters is 1. The highest BCUT2D eigenvalue weighted by atomic mass is 16.5. The highest BCUT2D eigenvalue weighted by molar-refractivity contribution is 5.95. The van der Waals surface area contributed by atoms with E-state index in [1.54, 1.807) is 19.2 Å². The smallest absolute Gasteiger partial charge is 0.351 e. The molecule has 1 aliphatic rings. The fraction of sp³-hybridized carbons (Fsp3) is 0.833. The first kappa shape index (κ1) is 82.1. The number of anilines is 1. The van der Waals surface area contributed by atoms with E-state index in [1.807, 2.05) is 6.92 Å². The Bertz CT molecular complexity index is 2110. The number of hydrogen-bond acceptors (Lipinski definition) is 11. The molecule has 0 radical (unpaired) electrons. The summed E-state index contributed by atoms with van der Waals surface area (Å²) in [4.78, 5) is 58.3. The molecule has 3 rings (SSSR count). The fourth-order valence-corrected chi connectivity index (χ4v) is 12.6. The molecule has 0 bridgehead atoms. The Hall–Kier alpha value is -4.17. The van der Waals surface area contributed by atoms with Gasteiger partial charge in [0.2, 0.25) is 11.7 Å². The van der Waals surface area contributed by atoms with E-state index in [-0.39, 0.29) is 50.2 Å². The molecule has 0 spiro atoms. The van der Waals surface area contributed by atoms with Gasteiger partial charge in [0.1, 0.15) is 18.7 Å². The molecule has 14 nitrogen and oxygen atoms in total. The predicted octanol–water partition coefficient (Wildman–Crippen LogP) is 21.3. The maximum atomic E-state index is 14.3. The van der Waals surface area contributed by atoms with Crippen LogP contribution in [0.1, 0.15) is 378 Å². The van der Waals surface area contributed by atoms with Gasteiger partial charge in [-0.15, -0.1) is 0 Å². The summed E-state index contributed by atoms with van der Waals surface area (Å²) in [6, 6.07) is 5.08. The molecule has 3 atom stereocenters. The van der Waals surface area contributed by atoms with Crippen molar-refractivity contribution in [2.24, 2.45) is 0 Å². The molecule has 2 amide bonds. The Balaban J connectivity index is 1.58. The van der Waals surface area contributed by atoms with Crippen LogP contribution in [0, 0.1) is 0 Å². The van der Waals surface area contributed by atoms with Crippen LogP contribution in [0.2, 0.25) is 0 Å². The second-order valence-corrected chi connectivity index (χ2v) is 27.1. The van der Waals surface area contributed by atoms with E-state index in [9.17, 15) is 24.3 Å². The third-order valence-electron chi connectivity index (χ3n) is 18.6. The number of aliphatic hydroxyl groups excluding tert-OH is 1. The van der Waals surface area contributed by atoms with E-state index in [1.165, 1.54) is 291 Å². The minimum Gasteiger partial charge on any atom is -0.490 e. The number of hydrogen-bond donors (Lipinski definition) is 2. The van der Waals surface area contributed by atoms with E-state index >= 15 is 0 Å². The summed E-state index contributed by atoms with van der Waals surface area (Å²) in [5.41, 5.74) is -0.211. The molecule has 14 heteroatoms. The Morgan fingerprint density at radius 3 is 1.23 bits per heavy atom. The highest BCUT2D eigenvalue weighted by Crippen LogP contribution is 2.40. The number of nitrogens with one attached hydrogen (secondary N) is 1. The number of likely N-dealkylation sites (N-methyl/N-ethyl adjacent to an activating group) is 1. The lowest BCUT2D eigenvalue weighted by Crippen LogP contribution is -2.31. The lowest BCUT2D eigenvalue weighted by molar-refractivity contribution is -0.144. The van der Waals surface area contributed by atoms with Gasteiger partial charge in [0.15, 0.2) is 11.5 Å². The number of ether oxygens (including phenoxy) is 5. The zero-order valence-corrected chi connectivity index (χ0v) is 59.8. The lowest BCUT2D eigenvalue weighted by Gasteiger charge is -2.21. The zero-order valence-electron chi connectivity index (χ0n) is 59.8. The number of unbranched alkanes of at least 4 members (excludes halogenated alkanes) is 45. The summed E-state index contributed by atoms with van der Waals surface area (Å²) >= 11 is 0. The van der Waals surface area contributed by atoms with Gasteiger partial charge in [-0.25, -0.2) is 4.79 Å². The van der Waals surface area contributed by atoms with E-state index in [4.69, 9.17) is 23.7 Å². The number of rotatable bonds is 64.